The molecule has 0 saturated carbocycles. The van der Waals surface area contributed by atoms with Crippen LogP contribution in [0.1, 0.15) is 18.4 Å². The molecule has 0 spiro atoms. The van der Waals surface area contributed by atoms with Crippen molar-refractivity contribution >= 4 is 17.5 Å². The monoisotopic (exact) mass is 300 g/mol. The number of amides is 1. The molecule has 4 nitrogen and oxygen atoms in total. The second-order valence-corrected chi connectivity index (χ2v) is 5.21. The molecule has 0 radical (unpaired) electrons. The first-order valence-electron chi connectivity index (χ1n) is 6.67. The van der Waals surface area contributed by atoms with Crippen molar-refractivity contribution in [3.05, 3.63) is 34.6 Å². The van der Waals surface area contributed by atoms with Crippen molar-refractivity contribution in [3.8, 4) is 0 Å². The lowest BCUT2D eigenvalue weighted by Crippen LogP contribution is -2.42. The number of hydrogen-bond donors (Lipinski definition) is 2. The predicted octanol–water partition coefficient (Wildman–Crippen LogP) is 1.86. The smallest absolute Gasteiger partial charge is 0.234 e. The molecule has 1 saturated heterocycles. The van der Waals surface area contributed by atoms with Gasteiger partial charge in [0.25, 0.3) is 0 Å². The van der Waals surface area contributed by atoms with Crippen LogP contribution in [0.3, 0.4) is 0 Å². The molecule has 110 valence electrons. The lowest BCUT2D eigenvalue weighted by molar-refractivity contribution is -0.121. The van der Waals surface area contributed by atoms with E-state index in [4.69, 9.17) is 16.3 Å². The van der Waals surface area contributed by atoms with Crippen LogP contribution >= 0.6 is 11.6 Å². The average molecular weight is 301 g/mol. The van der Waals surface area contributed by atoms with E-state index in [1.54, 1.807) is 12.1 Å². The maximum absolute atomic E-state index is 13.0. The number of halogens is 2. The van der Waals surface area contributed by atoms with Gasteiger partial charge in [-0.3, -0.25) is 4.79 Å². The van der Waals surface area contributed by atoms with Crippen LogP contribution in [0.4, 0.5) is 4.39 Å². The number of benzene rings is 1. The van der Waals surface area contributed by atoms with Gasteiger partial charge in [-0.1, -0.05) is 17.7 Å². The molecule has 20 heavy (non-hydrogen) atoms. The Morgan fingerprint density at radius 3 is 2.85 bits per heavy atom. The van der Waals surface area contributed by atoms with Gasteiger partial charge in [0.1, 0.15) is 5.82 Å². The van der Waals surface area contributed by atoms with E-state index < -0.39 is 5.82 Å². The lowest BCUT2D eigenvalue weighted by atomic mass is 10.1. The lowest BCUT2D eigenvalue weighted by Gasteiger charge is -2.23. The molecular weight excluding hydrogens is 283 g/mol. The molecule has 0 atom stereocenters. The first-order valence-corrected chi connectivity index (χ1v) is 7.04. The molecule has 1 aromatic rings. The third kappa shape index (κ3) is 4.74. The summed E-state index contributed by atoms with van der Waals surface area (Å²) in [6.07, 6.45) is 1.72. The van der Waals surface area contributed by atoms with Crippen LogP contribution in [0.5, 0.6) is 0 Å². The molecular formula is C14H18ClFN2O2. The Hall–Kier alpha value is -1.17. The maximum atomic E-state index is 13.0. The summed E-state index contributed by atoms with van der Waals surface area (Å²) in [6.45, 7) is 2.10. The molecule has 2 rings (SSSR count). The fourth-order valence-corrected chi connectivity index (χ4v) is 2.29. The van der Waals surface area contributed by atoms with Crippen molar-refractivity contribution in [2.24, 2.45) is 0 Å². The van der Waals surface area contributed by atoms with Crippen LogP contribution < -0.4 is 10.6 Å². The highest BCUT2D eigenvalue weighted by atomic mass is 35.5. The molecule has 1 aliphatic heterocycles. The van der Waals surface area contributed by atoms with Gasteiger partial charge in [-0.2, -0.15) is 0 Å². The number of carbonyl (C=O) groups is 1. The summed E-state index contributed by atoms with van der Waals surface area (Å²) in [5.74, 6) is -0.474. The van der Waals surface area contributed by atoms with E-state index in [2.05, 4.69) is 10.6 Å². The molecule has 0 aromatic heterocycles. The van der Waals surface area contributed by atoms with Crippen LogP contribution in [-0.2, 0) is 16.1 Å². The summed E-state index contributed by atoms with van der Waals surface area (Å²) >= 11 is 5.69. The predicted molar refractivity (Wildman–Crippen MR) is 75.1 cm³/mol. The van der Waals surface area contributed by atoms with E-state index in [1.165, 1.54) is 6.07 Å². The quantitative estimate of drug-likeness (QED) is 0.873. The highest BCUT2D eigenvalue weighted by Gasteiger charge is 2.15. The summed E-state index contributed by atoms with van der Waals surface area (Å²) in [5, 5.41) is 6.06. The maximum Gasteiger partial charge on any atom is 0.234 e. The molecule has 1 heterocycles. The van der Waals surface area contributed by atoms with Gasteiger partial charge in [-0.05, 0) is 30.5 Å². The largest absolute Gasteiger partial charge is 0.381 e. The minimum Gasteiger partial charge on any atom is -0.381 e. The number of carbonyl (C=O) groups excluding carboxylic acids is 1. The van der Waals surface area contributed by atoms with Gasteiger partial charge in [0, 0.05) is 25.8 Å². The Kier molecular flexibility index (Phi) is 5.76. The van der Waals surface area contributed by atoms with E-state index in [9.17, 15) is 9.18 Å². The minimum atomic E-state index is -0.437. The van der Waals surface area contributed by atoms with E-state index in [1.807, 2.05) is 0 Å². The zero-order valence-corrected chi connectivity index (χ0v) is 11.9. The van der Waals surface area contributed by atoms with E-state index >= 15 is 0 Å². The average Bonchev–Trinajstić information content (AvgIpc) is 2.44. The molecule has 1 amide bonds. The number of ether oxygens (including phenoxy) is 1. The van der Waals surface area contributed by atoms with E-state index in [0.717, 1.165) is 18.4 Å². The summed E-state index contributed by atoms with van der Waals surface area (Å²) in [5.41, 5.74) is 0.843. The third-order valence-corrected chi connectivity index (χ3v) is 3.47. The highest BCUT2D eigenvalue weighted by molar-refractivity contribution is 6.30. The number of hydrogen-bond acceptors (Lipinski definition) is 3. The Morgan fingerprint density at radius 2 is 2.15 bits per heavy atom. The third-order valence-electron chi connectivity index (χ3n) is 3.19. The fourth-order valence-electron chi connectivity index (χ4n) is 2.09. The summed E-state index contributed by atoms with van der Waals surface area (Å²) < 4.78 is 18.2. The SMILES string of the molecule is O=C(CNCc1ccc(F)c(Cl)c1)NC1CCOCC1. The van der Waals surface area contributed by atoms with Crippen LogP contribution in [0, 0.1) is 5.82 Å². The van der Waals surface area contributed by atoms with Crippen LogP contribution in [-0.4, -0.2) is 31.7 Å². The normalized spacial score (nSPS) is 16.1. The first-order chi connectivity index (χ1) is 9.65. The molecule has 1 aliphatic rings. The number of rotatable bonds is 5. The molecule has 2 N–H and O–H groups in total. The fraction of sp³-hybridized carbons (Fsp3) is 0.500. The van der Waals surface area contributed by atoms with Crippen LogP contribution in [0.15, 0.2) is 18.2 Å². The molecule has 0 unspecified atom stereocenters. The second kappa shape index (κ2) is 7.57. The van der Waals surface area contributed by atoms with E-state index in [-0.39, 0.29) is 23.5 Å². The van der Waals surface area contributed by atoms with Gasteiger partial charge in [-0.15, -0.1) is 0 Å². The van der Waals surface area contributed by atoms with Crippen LogP contribution in [0.2, 0.25) is 5.02 Å². The van der Waals surface area contributed by atoms with Crippen molar-refractivity contribution in [2.45, 2.75) is 25.4 Å². The van der Waals surface area contributed by atoms with Gasteiger partial charge in [0.15, 0.2) is 0 Å². The molecule has 0 aliphatic carbocycles. The van der Waals surface area contributed by atoms with Gasteiger partial charge in [-0.25, -0.2) is 4.39 Å². The zero-order valence-electron chi connectivity index (χ0n) is 11.1. The van der Waals surface area contributed by atoms with Crippen LogP contribution in [0.25, 0.3) is 0 Å². The first kappa shape index (κ1) is 15.2. The topological polar surface area (TPSA) is 50.4 Å². The Bertz CT molecular complexity index is 464. The molecule has 0 bridgehead atoms. The minimum absolute atomic E-state index is 0.0369. The standard InChI is InChI=1S/C14H18ClFN2O2/c15-12-7-10(1-2-13(12)16)8-17-9-14(19)18-11-3-5-20-6-4-11/h1-2,7,11,17H,3-6,8-9H2,(H,18,19). The van der Waals surface area contributed by atoms with Crippen molar-refractivity contribution in [1.82, 2.24) is 10.6 Å². The second-order valence-electron chi connectivity index (χ2n) is 4.81. The van der Waals surface area contributed by atoms with Gasteiger partial charge < -0.3 is 15.4 Å². The molecule has 1 aromatic carbocycles. The van der Waals surface area contributed by atoms with Gasteiger partial charge in [0.05, 0.1) is 11.6 Å². The summed E-state index contributed by atoms with van der Waals surface area (Å²) in [7, 11) is 0. The summed E-state index contributed by atoms with van der Waals surface area (Å²) in [6, 6.07) is 4.73. The highest BCUT2D eigenvalue weighted by Crippen LogP contribution is 2.15. The van der Waals surface area contributed by atoms with Crippen molar-refractivity contribution in [2.75, 3.05) is 19.8 Å². The Labute approximate surface area is 122 Å². The number of nitrogens with one attached hydrogen (secondary N) is 2. The van der Waals surface area contributed by atoms with Crippen molar-refractivity contribution in [3.63, 3.8) is 0 Å². The zero-order chi connectivity index (χ0) is 14.4. The Balaban J connectivity index is 1.69. The van der Waals surface area contributed by atoms with Gasteiger partial charge >= 0.3 is 0 Å². The Morgan fingerprint density at radius 1 is 1.40 bits per heavy atom. The van der Waals surface area contributed by atoms with Crippen molar-refractivity contribution < 1.29 is 13.9 Å². The molecule has 6 heteroatoms. The van der Waals surface area contributed by atoms with Crippen molar-refractivity contribution in [1.29, 1.82) is 0 Å². The van der Waals surface area contributed by atoms with Gasteiger partial charge in [0.2, 0.25) is 5.91 Å². The van der Waals surface area contributed by atoms with E-state index in [0.29, 0.717) is 19.8 Å². The molecule has 1 fully saturated rings. The summed E-state index contributed by atoms with van der Waals surface area (Å²) in [4.78, 5) is 11.7.